The first kappa shape index (κ1) is 14.2. The lowest BCUT2D eigenvalue weighted by atomic mass is 9.96. The Hall–Kier alpha value is -1.85. The zero-order valence-electron chi connectivity index (χ0n) is 11.0. The number of hydrogen-bond acceptors (Lipinski definition) is 4. The molecule has 0 saturated heterocycles. The third-order valence-corrected chi connectivity index (χ3v) is 2.82. The van der Waals surface area contributed by atoms with Crippen LogP contribution in [0.1, 0.15) is 43.2 Å². The standard InChI is InChI=1S/C12H18N2O4/c1-6(11-7(2)14-18-9(11)4)5-10(15)13-8(3)12(16)17/h6,8H,5H2,1-4H3,(H,13,15)(H,16,17). The van der Waals surface area contributed by atoms with Gasteiger partial charge in [0.25, 0.3) is 0 Å². The monoisotopic (exact) mass is 254 g/mol. The van der Waals surface area contributed by atoms with E-state index in [1.807, 2.05) is 13.8 Å². The smallest absolute Gasteiger partial charge is 0.325 e. The minimum Gasteiger partial charge on any atom is -0.480 e. The van der Waals surface area contributed by atoms with Crippen molar-refractivity contribution < 1.29 is 19.2 Å². The summed E-state index contributed by atoms with van der Waals surface area (Å²) >= 11 is 0. The Morgan fingerprint density at radius 1 is 1.39 bits per heavy atom. The maximum Gasteiger partial charge on any atom is 0.325 e. The van der Waals surface area contributed by atoms with E-state index in [4.69, 9.17) is 9.63 Å². The molecule has 18 heavy (non-hydrogen) atoms. The summed E-state index contributed by atoms with van der Waals surface area (Å²) in [4.78, 5) is 22.3. The zero-order valence-corrected chi connectivity index (χ0v) is 11.0. The molecule has 0 radical (unpaired) electrons. The van der Waals surface area contributed by atoms with Gasteiger partial charge in [-0.2, -0.15) is 0 Å². The van der Waals surface area contributed by atoms with E-state index in [1.54, 1.807) is 6.92 Å². The van der Waals surface area contributed by atoms with Crippen LogP contribution >= 0.6 is 0 Å². The largest absolute Gasteiger partial charge is 0.480 e. The number of aliphatic carboxylic acids is 1. The van der Waals surface area contributed by atoms with Gasteiger partial charge in [0.2, 0.25) is 5.91 Å². The Balaban J connectivity index is 2.63. The van der Waals surface area contributed by atoms with Crippen molar-refractivity contribution in [2.75, 3.05) is 0 Å². The molecule has 0 fully saturated rings. The SMILES string of the molecule is Cc1noc(C)c1C(C)CC(=O)NC(C)C(=O)O. The van der Waals surface area contributed by atoms with E-state index in [9.17, 15) is 9.59 Å². The first-order valence-electron chi connectivity index (χ1n) is 5.77. The van der Waals surface area contributed by atoms with Gasteiger partial charge in [0.15, 0.2) is 0 Å². The number of nitrogens with one attached hydrogen (secondary N) is 1. The number of aryl methyl sites for hydroxylation is 2. The van der Waals surface area contributed by atoms with Crippen LogP contribution in [-0.2, 0) is 9.59 Å². The fourth-order valence-corrected chi connectivity index (χ4v) is 1.94. The van der Waals surface area contributed by atoms with Crippen LogP contribution in [0.3, 0.4) is 0 Å². The highest BCUT2D eigenvalue weighted by atomic mass is 16.5. The van der Waals surface area contributed by atoms with E-state index in [1.165, 1.54) is 6.92 Å². The molecule has 2 atom stereocenters. The summed E-state index contributed by atoms with van der Waals surface area (Å²) in [7, 11) is 0. The number of carbonyl (C=O) groups excluding carboxylic acids is 1. The van der Waals surface area contributed by atoms with Gasteiger partial charge in [0, 0.05) is 12.0 Å². The summed E-state index contributed by atoms with van der Waals surface area (Å²) in [5.41, 5.74) is 1.67. The molecule has 1 aromatic heterocycles. The highest BCUT2D eigenvalue weighted by Gasteiger charge is 2.21. The second-order valence-corrected chi connectivity index (χ2v) is 4.47. The fraction of sp³-hybridized carbons (Fsp3) is 0.583. The maximum absolute atomic E-state index is 11.7. The van der Waals surface area contributed by atoms with Crippen molar-refractivity contribution in [3.05, 3.63) is 17.0 Å². The van der Waals surface area contributed by atoms with Gasteiger partial charge in [0.1, 0.15) is 11.8 Å². The van der Waals surface area contributed by atoms with Crippen LogP contribution < -0.4 is 5.32 Å². The van der Waals surface area contributed by atoms with E-state index in [0.29, 0.717) is 5.76 Å². The van der Waals surface area contributed by atoms with Crippen molar-refractivity contribution in [2.24, 2.45) is 0 Å². The van der Waals surface area contributed by atoms with Gasteiger partial charge in [-0.1, -0.05) is 12.1 Å². The molecule has 1 aromatic rings. The molecule has 6 heteroatoms. The third-order valence-electron chi connectivity index (χ3n) is 2.82. The minimum atomic E-state index is -1.05. The molecule has 2 N–H and O–H groups in total. The zero-order chi connectivity index (χ0) is 13.9. The van der Waals surface area contributed by atoms with Gasteiger partial charge in [0.05, 0.1) is 5.69 Å². The van der Waals surface area contributed by atoms with Gasteiger partial charge >= 0.3 is 5.97 Å². The lowest BCUT2D eigenvalue weighted by Crippen LogP contribution is -2.38. The Morgan fingerprint density at radius 2 is 2.00 bits per heavy atom. The number of amides is 1. The van der Waals surface area contributed by atoms with Crippen LogP contribution in [0, 0.1) is 13.8 Å². The molecule has 0 aliphatic rings. The van der Waals surface area contributed by atoms with Crippen molar-refractivity contribution in [3.8, 4) is 0 Å². The minimum absolute atomic E-state index is 0.0581. The van der Waals surface area contributed by atoms with Crippen molar-refractivity contribution in [1.82, 2.24) is 10.5 Å². The normalized spacial score (nSPS) is 14.0. The van der Waals surface area contributed by atoms with Crippen LogP contribution in [0.5, 0.6) is 0 Å². The van der Waals surface area contributed by atoms with Crippen LogP contribution in [0.15, 0.2) is 4.52 Å². The van der Waals surface area contributed by atoms with Crippen LogP contribution in [0.25, 0.3) is 0 Å². The highest BCUT2D eigenvalue weighted by molar-refractivity contribution is 5.83. The molecular formula is C12H18N2O4. The lowest BCUT2D eigenvalue weighted by Gasteiger charge is -2.13. The number of hydrogen-bond donors (Lipinski definition) is 2. The van der Waals surface area contributed by atoms with Crippen LogP contribution in [-0.4, -0.2) is 28.2 Å². The topological polar surface area (TPSA) is 92.4 Å². The quantitative estimate of drug-likeness (QED) is 0.828. The number of nitrogens with zero attached hydrogens (tertiary/aromatic N) is 1. The molecule has 2 unspecified atom stereocenters. The average Bonchev–Trinajstić information content (AvgIpc) is 2.57. The third kappa shape index (κ3) is 3.32. The van der Waals surface area contributed by atoms with Gasteiger partial charge in [-0.15, -0.1) is 0 Å². The van der Waals surface area contributed by atoms with Gasteiger partial charge in [-0.3, -0.25) is 9.59 Å². The first-order chi connectivity index (χ1) is 8.32. The summed E-state index contributed by atoms with van der Waals surface area (Å²) in [6.45, 7) is 6.93. The Kier molecular flexibility index (Phi) is 4.47. The summed E-state index contributed by atoms with van der Waals surface area (Å²) in [6, 6.07) is -0.880. The molecular weight excluding hydrogens is 236 g/mol. The molecule has 0 saturated carbocycles. The van der Waals surface area contributed by atoms with Crippen LogP contribution in [0.4, 0.5) is 0 Å². The van der Waals surface area contributed by atoms with Gasteiger partial charge in [-0.05, 0) is 26.7 Å². The summed E-state index contributed by atoms with van der Waals surface area (Å²) in [5, 5.41) is 15.0. The summed E-state index contributed by atoms with van der Waals surface area (Å²) < 4.78 is 5.04. The van der Waals surface area contributed by atoms with E-state index in [-0.39, 0.29) is 18.2 Å². The fourth-order valence-electron chi connectivity index (χ4n) is 1.94. The Morgan fingerprint density at radius 3 is 2.44 bits per heavy atom. The molecule has 6 nitrogen and oxygen atoms in total. The molecule has 0 aliphatic carbocycles. The molecule has 0 bridgehead atoms. The van der Waals surface area contributed by atoms with Gasteiger partial charge in [-0.25, -0.2) is 0 Å². The number of rotatable bonds is 5. The summed E-state index contributed by atoms with van der Waals surface area (Å²) in [5.74, 6) is -0.706. The van der Waals surface area contributed by atoms with Crippen molar-refractivity contribution in [3.63, 3.8) is 0 Å². The molecule has 1 amide bonds. The number of carboxylic acids is 1. The number of carboxylic acid groups (broad SMARTS) is 1. The van der Waals surface area contributed by atoms with Gasteiger partial charge < -0.3 is 14.9 Å². The lowest BCUT2D eigenvalue weighted by molar-refractivity contribution is -0.141. The maximum atomic E-state index is 11.7. The van der Waals surface area contributed by atoms with Crippen molar-refractivity contribution >= 4 is 11.9 Å². The molecule has 0 aromatic carbocycles. The number of carbonyl (C=O) groups is 2. The summed E-state index contributed by atoms with van der Waals surface area (Å²) in [6.07, 6.45) is 0.209. The highest BCUT2D eigenvalue weighted by Crippen LogP contribution is 2.25. The van der Waals surface area contributed by atoms with E-state index in [2.05, 4.69) is 10.5 Å². The second-order valence-electron chi connectivity index (χ2n) is 4.47. The molecule has 100 valence electrons. The van der Waals surface area contributed by atoms with E-state index in [0.717, 1.165) is 11.3 Å². The van der Waals surface area contributed by atoms with E-state index >= 15 is 0 Å². The molecule has 1 rings (SSSR count). The first-order valence-corrected chi connectivity index (χ1v) is 5.77. The Bertz CT molecular complexity index is 433. The van der Waals surface area contributed by atoms with Crippen LogP contribution in [0.2, 0.25) is 0 Å². The molecule has 0 aliphatic heterocycles. The molecule has 0 spiro atoms. The molecule has 1 heterocycles. The second kappa shape index (κ2) is 5.66. The average molecular weight is 254 g/mol. The predicted octanol–water partition coefficient (Wildman–Crippen LogP) is 1.37. The van der Waals surface area contributed by atoms with Crippen molar-refractivity contribution in [1.29, 1.82) is 0 Å². The number of aromatic nitrogens is 1. The Labute approximate surface area is 105 Å². The predicted molar refractivity (Wildman–Crippen MR) is 64.2 cm³/mol. The van der Waals surface area contributed by atoms with E-state index < -0.39 is 12.0 Å². The van der Waals surface area contributed by atoms with Crippen molar-refractivity contribution in [2.45, 2.75) is 46.1 Å².